The summed E-state index contributed by atoms with van der Waals surface area (Å²) in [6.07, 6.45) is 3.88. The first-order valence-corrected chi connectivity index (χ1v) is 12.8. The van der Waals surface area contributed by atoms with Crippen LogP contribution in [0.25, 0.3) is 10.9 Å². The molecule has 1 aliphatic heterocycles. The Morgan fingerprint density at radius 3 is 2.74 bits per heavy atom. The van der Waals surface area contributed by atoms with Crippen molar-refractivity contribution in [3.63, 3.8) is 0 Å². The van der Waals surface area contributed by atoms with E-state index < -0.39 is 21.9 Å². The number of nitrogens with one attached hydrogen (secondary N) is 1. The standard InChI is InChI=1S/C25H24FN5O3S/c1-2-11-28-24(20-7-3-4-8-21(20)26)25(32)30-14-18-15-31(29-23(18)16-30)35(33,34)19-9-10-22-17(13-19)6-5-12-27-22/h3-10,12-13,15,24,28H,2,11,14,16H2,1H3/t24-/m1/s1. The van der Waals surface area contributed by atoms with Crippen molar-refractivity contribution in [2.75, 3.05) is 6.54 Å². The summed E-state index contributed by atoms with van der Waals surface area (Å²) in [4.78, 5) is 19.2. The number of carbonyl (C=O) groups is 1. The molecule has 0 spiro atoms. The molecule has 1 atom stereocenters. The van der Waals surface area contributed by atoms with E-state index in [1.807, 2.05) is 6.92 Å². The quantitative estimate of drug-likeness (QED) is 0.424. The molecule has 1 amide bonds. The predicted molar refractivity (Wildman–Crippen MR) is 128 cm³/mol. The second kappa shape index (κ2) is 9.20. The van der Waals surface area contributed by atoms with Crippen LogP contribution < -0.4 is 5.32 Å². The van der Waals surface area contributed by atoms with Gasteiger partial charge in [-0.15, -0.1) is 0 Å². The molecule has 0 saturated heterocycles. The smallest absolute Gasteiger partial charge is 0.282 e. The van der Waals surface area contributed by atoms with Gasteiger partial charge in [-0.2, -0.15) is 17.6 Å². The van der Waals surface area contributed by atoms with E-state index >= 15 is 0 Å². The Balaban J connectivity index is 1.38. The molecule has 2 aromatic carbocycles. The van der Waals surface area contributed by atoms with Crippen molar-refractivity contribution in [3.05, 3.63) is 89.6 Å². The van der Waals surface area contributed by atoms with Gasteiger partial charge in [-0.25, -0.2) is 4.39 Å². The lowest BCUT2D eigenvalue weighted by Gasteiger charge is -2.24. The summed E-state index contributed by atoms with van der Waals surface area (Å²) in [5.74, 6) is -0.730. The normalized spacial score (nSPS) is 14.3. The van der Waals surface area contributed by atoms with Crippen molar-refractivity contribution in [1.29, 1.82) is 0 Å². The molecule has 0 radical (unpaired) electrons. The second-order valence-corrected chi connectivity index (χ2v) is 10.2. The monoisotopic (exact) mass is 493 g/mol. The zero-order chi connectivity index (χ0) is 24.6. The molecular weight excluding hydrogens is 469 g/mol. The van der Waals surface area contributed by atoms with Crippen LogP contribution in [0.4, 0.5) is 4.39 Å². The first-order valence-electron chi connectivity index (χ1n) is 11.3. The molecule has 5 rings (SSSR count). The Kier molecular flexibility index (Phi) is 6.08. The van der Waals surface area contributed by atoms with Crippen molar-refractivity contribution < 1.29 is 17.6 Å². The maximum absolute atomic E-state index is 14.5. The number of rotatable bonds is 7. The molecule has 1 aliphatic rings. The molecule has 0 aliphatic carbocycles. The number of halogens is 1. The molecule has 2 aromatic heterocycles. The minimum Gasteiger partial charge on any atom is -0.331 e. The highest BCUT2D eigenvalue weighted by Crippen LogP contribution is 2.28. The summed E-state index contributed by atoms with van der Waals surface area (Å²) < 4.78 is 41.8. The lowest BCUT2D eigenvalue weighted by Crippen LogP contribution is -2.39. The van der Waals surface area contributed by atoms with Gasteiger partial charge in [0.05, 0.1) is 22.7 Å². The summed E-state index contributed by atoms with van der Waals surface area (Å²) in [5.41, 5.74) is 2.14. The van der Waals surface area contributed by atoms with Crippen molar-refractivity contribution in [1.82, 2.24) is 24.4 Å². The molecule has 10 heteroatoms. The van der Waals surface area contributed by atoms with Crippen LogP contribution in [0, 0.1) is 5.82 Å². The van der Waals surface area contributed by atoms with E-state index in [1.165, 1.54) is 18.3 Å². The number of benzene rings is 2. The highest BCUT2D eigenvalue weighted by Gasteiger charge is 2.34. The third-order valence-electron chi connectivity index (χ3n) is 6.05. The molecule has 180 valence electrons. The Morgan fingerprint density at radius 2 is 1.97 bits per heavy atom. The average Bonchev–Trinajstić information content (AvgIpc) is 3.45. The molecule has 1 N–H and O–H groups in total. The highest BCUT2D eigenvalue weighted by atomic mass is 32.2. The van der Waals surface area contributed by atoms with E-state index in [0.29, 0.717) is 28.7 Å². The lowest BCUT2D eigenvalue weighted by atomic mass is 10.0. The number of amides is 1. The number of carbonyl (C=O) groups excluding carboxylic acids is 1. The van der Waals surface area contributed by atoms with Gasteiger partial charge in [-0.1, -0.05) is 31.2 Å². The Bertz CT molecular complexity index is 1500. The van der Waals surface area contributed by atoms with E-state index in [-0.39, 0.29) is 29.5 Å². The third kappa shape index (κ3) is 4.30. The van der Waals surface area contributed by atoms with Gasteiger partial charge < -0.3 is 10.2 Å². The minimum atomic E-state index is -3.91. The lowest BCUT2D eigenvalue weighted by molar-refractivity contribution is -0.134. The van der Waals surface area contributed by atoms with Crippen LogP contribution in [0.2, 0.25) is 0 Å². The van der Waals surface area contributed by atoms with E-state index in [4.69, 9.17) is 0 Å². The fourth-order valence-corrected chi connectivity index (χ4v) is 5.44. The zero-order valence-corrected chi connectivity index (χ0v) is 19.9. The van der Waals surface area contributed by atoms with Gasteiger partial charge >= 0.3 is 0 Å². The number of nitrogens with zero attached hydrogens (tertiary/aromatic N) is 4. The fourth-order valence-electron chi connectivity index (χ4n) is 4.24. The summed E-state index contributed by atoms with van der Waals surface area (Å²) in [6.45, 7) is 2.87. The molecule has 0 saturated carbocycles. The second-order valence-electron chi connectivity index (χ2n) is 8.44. The number of hydrogen-bond donors (Lipinski definition) is 1. The molecule has 4 aromatic rings. The van der Waals surface area contributed by atoms with Crippen molar-refractivity contribution >= 4 is 26.8 Å². The predicted octanol–water partition coefficient (Wildman–Crippen LogP) is 3.39. The van der Waals surface area contributed by atoms with Crippen LogP contribution in [0.15, 0.2) is 71.9 Å². The third-order valence-corrected chi connectivity index (χ3v) is 7.58. The molecule has 3 heterocycles. The summed E-state index contributed by atoms with van der Waals surface area (Å²) in [6, 6.07) is 13.7. The minimum absolute atomic E-state index is 0.107. The van der Waals surface area contributed by atoms with E-state index in [2.05, 4.69) is 15.4 Å². The number of pyridine rings is 1. The van der Waals surface area contributed by atoms with E-state index in [9.17, 15) is 17.6 Å². The molecule has 0 bridgehead atoms. The van der Waals surface area contributed by atoms with Gasteiger partial charge in [0.2, 0.25) is 5.91 Å². The summed E-state index contributed by atoms with van der Waals surface area (Å²) in [5, 5.41) is 8.14. The molecule has 8 nitrogen and oxygen atoms in total. The Hall–Kier alpha value is -3.63. The van der Waals surface area contributed by atoms with Gasteiger partial charge in [0, 0.05) is 35.5 Å². The number of hydrogen-bond acceptors (Lipinski definition) is 6. The Morgan fingerprint density at radius 1 is 1.14 bits per heavy atom. The van der Waals surface area contributed by atoms with Crippen molar-refractivity contribution in [2.45, 2.75) is 37.4 Å². The van der Waals surface area contributed by atoms with Gasteiger partial charge in [-0.3, -0.25) is 9.78 Å². The van der Waals surface area contributed by atoms with Crippen molar-refractivity contribution in [3.8, 4) is 0 Å². The molecule has 35 heavy (non-hydrogen) atoms. The van der Waals surface area contributed by atoms with Crippen LogP contribution in [0.1, 0.15) is 36.2 Å². The number of aromatic nitrogens is 3. The average molecular weight is 494 g/mol. The van der Waals surface area contributed by atoms with Crippen LogP contribution in [-0.4, -0.2) is 39.9 Å². The fraction of sp³-hybridized carbons (Fsp3) is 0.240. The number of fused-ring (bicyclic) bond motifs is 2. The Labute approximate surface area is 202 Å². The van der Waals surface area contributed by atoms with Gasteiger partial charge in [0.1, 0.15) is 11.9 Å². The zero-order valence-electron chi connectivity index (χ0n) is 19.1. The topological polar surface area (TPSA) is 97.2 Å². The molecule has 0 unspecified atom stereocenters. The van der Waals surface area contributed by atoms with Gasteiger partial charge in [-0.05, 0) is 43.3 Å². The maximum atomic E-state index is 14.5. The van der Waals surface area contributed by atoms with Gasteiger partial charge in [0.15, 0.2) is 0 Å². The molecular formula is C25H24FN5O3S. The van der Waals surface area contributed by atoms with E-state index in [1.54, 1.807) is 53.6 Å². The van der Waals surface area contributed by atoms with Gasteiger partial charge in [0.25, 0.3) is 10.0 Å². The highest BCUT2D eigenvalue weighted by molar-refractivity contribution is 7.89. The summed E-state index contributed by atoms with van der Waals surface area (Å²) in [7, 11) is -3.91. The van der Waals surface area contributed by atoms with Crippen LogP contribution in [-0.2, 0) is 27.9 Å². The largest absolute Gasteiger partial charge is 0.331 e. The van der Waals surface area contributed by atoms with Crippen LogP contribution in [0.3, 0.4) is 0 Å². The van der Waals surface area contributed by atoms with Crippen molar-refractivity contribution in [2.24, 2.45) is 0 Å². The van der Waals surface area contributed by atoms with E-state index in [0.717, 1.165) is 10.5 Å². The first kappa shape index (κ1) is 23.1. The van der Waals surface area contributed by atoms with Crippen LogP contribution in [0.5, 0.6) is 0 Å². The SMILES string of the molecule is CCCN[C@@H](C(=O)N1Cc2cn(S(=O)(=O)c3ccc4ncccc4c3)nc2C1)c1ccccc1F. The molecule has 0 fully saturated rings. The first-order chi connectivity index (χ1) is 16.9. The summed E-state index contributed by atoms with van der Waals surface area (Å²) >= 11 is 0. The van der Waals surface area contributed by atoms with Crippen LogP contribution >= 0.6 is 0 Å². The maximum Gasteiger partial charge on any atom is 0.282 e.